The fourth-order valence-corrected chi connectivity index (χ4v) is 3.95. The van der Waals surface area contributed by atoms with E-state index < -0.39 is 0 Å². The van der Waals surface area contributed by atoms with Crippen LogP contribution in [-0.2, 0) is 12.3 Å². The van der Waals surface area contributed by atoms with E-state index in [1.54, 1.807) is 11.8 Å². The summed E-state index contributed by atoms with van der Waals surface area (Å²) in [6.45, 7) is 12.8. The van der Waals surface area contributed by atoms with Gasteiger partial charge in [0, 0.05) is 12.3 Å². The van der Waals surface area contributed by atoms with Crippen molar-refractivity contribution in [2.75, 3.05) is 0 Å². The highest BCUT2D eigenvalue weighted by Gasteiger charge is 2.20. The molecule has 0 spiro atoms. The Hall–Kier alpha value is -2.53. The van der Waals surface area contributed by atoms with Crippen LogP contribution in [0.1, 0.15) is 41.1 Å². The second-order valence-corrected chi connectivity index (χ2v) is 7.92. The molecule has 28 heavy (non-hydrogen) atoms. The van der Waals surface area contributed by atoms with Crippen LogP contribution in [0, 0.1) is 20.8 Å². The molecular formula is C23H27N3OS. The second kappa shape index (κ2) is 9.11. The number of aromatic nitrogens is 3. The van der Waals surface area contributed by atoms with Crippen molar-refractivity contribution in [3.05, 3.63) is 83.2 Å². The molecule has 0 N–H and O–H groups in total. The fourth-order valence-electron chi connectivity index (χ4n) is 3.05. The summed E-state index contributed by atoms with van der Waals surface area (Å²) in [4.78, 5) is 0. The monoisotopic (exact) mass is 393 g/mol. The maximum atomic E-state index is 6.22. The molecule has 0 fully saturated rings. The lowest BCUT2D eigenvalue weighted by Gasteiger charge is -2.18. The molecule has 0 saturated carbocycles. The highest BCUT2D eigenvalue weighted by atomic mass is 32.2. The third-order valence-electron chi connectivity index (χ3n) is 4.73. The number of hydrogen-bond acceptors (Lipinski definition) is 4. The van der Waals surface area contributed by atoms with Crippen molar-refractivity contribution in [2.45, 2.75) is 51.3 Å². The molecule has 1 unspecified atom stereocenters. The molecule has 0 radical (unpaired) electrons. The van der Waals surface area contributed by atoms with Crippen LogP contribution < -0.4 is 4.74 Å². The number of rotatable bonds is 8. The average molecular weight is 394 g/mol. The minimum absolute atomic E-state index is 0.207. The van der Waals surface area contributed by atoms with Crippen LogP contribution in [0.5, 0.6) is 5.75 Å². The molecule has 0 aliphatic rings. The van der Waals surface area contributed by atoms with Gasteiger partial charge in [0.25, 0.3) is 0 Å². The van der Waals surface area contributed by atoms with Crippen LogP contribution in [0.3, 0.4) is 0 Å². The van der Waals surface area contributed by atoms with E-state index in [0.29, 0.717) is 6.54 Å². The first-order valence-corrected chi connectivity index (χ1v) is 10.4. The maximum Gasteiger partial charge on any atom is 0.191 e. The third-order valence-corrected chi connectivity index (χ3v) is 5.77. The predicted octanol–water partition coefficient (Wildman–Crippen LogP) is 5.82. The number of ether oxygens (including phenoxy) is 1. The van der Waals surface area contributed by atoms with E-state index in [2.05, 4.69) is 72.4 Å². The highest BCUT2D eigenvalue weighted by molar-refractivity contribution is 7.98. The van der Waals surface area contributed by atoms with E-state index in [4.69, 9.17) is 4.74 Å². The molecule has 1 atom stereocenters. The van der Waals surface area contributed by atoms with Crippen molar-refractivity contribution in [2.24, 2.45) is 0 Å². The van der Waals surface area contributed by atoms with Crippen LogP contribution in [-0.4, -0.2) is 14.8 Å². The molecule has 146 valence electrons. The van der Waals surface area contributed by atoms with Gasteiger partial charge in [-0.15, -0.1) is 16.8 Å². The van der Waals surface area contributed by atoms with Gasteiger partial charge in [0.1, 0.15) is 5.75 Å². The van der Waals surface area contributed by atoms with Gasteiger partial charge in [-0.3, -0.25) is 4.57 Å². The quantitative estimate of drug-likeness (QED) is 0.357. The SMILES string of the molecule is C=CCn1c(SCc2cccc(C)c2)nnc1C(C)Oc1cccc(C)c1C. The van der Waals surface area contributed by atoms with Gasteiger partial charge in [0.05, 0.1) is 0 Å². The molecule has 4 nitrogen and oxygen atoms in total. The van der Waals surface area contributed by atoms with Crippen LogP contribution in [0.4, 0.5) is 0 Å². The minimum Gasteiger partial charge on any atom is -0.482 e. The highest BCUT2D eigenvalue weighted by Crippen LogP contribution is 2.29. The zero-order valence-electron chi connectivity index (χ0n) is 17.0. The van der Waals surface area contributed by atoms with Crippen LogP contribution >= 0.6 is 11.8 Å². The molecule has 0 aliphatic heterocycles. The van der Waals surface area contributed by atoms with Crippen LogP contribution in [0.15, 0.2) is 60.3 Å². The van der Waals surface area contributed by atoms with Crippen molar-refractivity contribution in [3.8, 4) is 5.75 Å². The average Bonchev–Trinajstić information content (AvgIpc) is 3.07. The molecule has 3 rings (SSSR count). The summed E-state index contributed by atoms with van der Waals surface area (Å²) in [6, 6.07) is 14.6. The van der Waals surface area contributed by atoms with Crippen molar-refractivity contribution in [1.82, 2.24) is 14.8 Å². The van der Waals surface area contributed by atoms with E-state index in [-0.39, 0.29) is 6.10 Å². The lowest BCUT2D eigenvalue weighted by atomic mass is 10.1. The van der Waals surface area contributed by atoms with E-state index in [0.717, 1.165) is 28.0 Å². The Morgan fingerprint density at radius 1 is 1.14 bits per heavy atom. The van der Waals surface area contributed by atoms with Crippen molar-refractivity contribution in [3.63, 3.8) is 0 Å². The topological polar surface area (TPSA) is 39.9 Å². The van der Waals surface area contributed by atoms with Gasteiger partial charge in [-0.2, -0.15) is 0 Å². The first-order chi connectivity index (χ1) is 13.5. The Morgan fingerprint density at radius 3 is 2.68 bits per heavy atom. The van der Waals surface area contributed by atoms with E-state index in [9.17, 15) is 0 Å². The van der Waals surface area contributed by atoms with E-state index in [1.807, 2.05) is 25.1 Å². The Labute approximate surface area is 171 Å². The molecular weight excluding hydrogens is 366 g/mol. The predicted molar refractivity (Wildman–Crippen MR) is 116 cm³/mol. The smallest absolute Gasteiger partial charge is 0.191 e. The largest absolute Gasteiger partial charge is 0.482 e. The molecule has 3 aromatic rings. The Kier molecular flexibility index (Phi) is 6.57. The fraction of sp³-hybridized carbons (Fsp3) is 0.304. The van der Waals surface area contributed by atoms with Gasteiger partial charge in [-0.25, -0.2) is 0 Å². The Bertz CT molecular complexity index is 964. The molecule has 0 bridgehead atoms. The summed E-state index contributed by atoms with van der Waals surface area (Å²) in [5.41, 5.74) is 4.91. The van der Waals surface area contributed by atoms with Gasteiger partial charge >= 0.3 is 0 Å². The van der Waals surface area contributed by atoms with Gasteiger partial charge in [0.15, 0.2) is 17.1 Å². The first kappa shape index (κ1) is 20.2. The minimum atomic E-state index is -0.207. The lowest BCUT2D eigenvalue weighted by Crippen LogP contribution is -2.12. The zero-order valence-corrected chi connectivity index (χ0v) is 17.8. The molecule has 2 aromatic carbocycles. The summed E-state index contributed by atoms with van der Waals surface area (Å²) in [6.07, 6.45) is 1.66. The summed E-state index contributed by atoms with van der Waals surface area (Å²) in [5.74, 6) is 2.55. The molecule has 0 aliphatic carbocycles. The zero-order chi connectivity index (χ0) is 20.1. The van der Waals surface area contributed by atoms with Crippen LogP contribution in [0.25, 0.3) is 0 Å². The summed E-state index contributed by atoms with van der Waals surface area (Å²) >= 11 is 1.68. The molecule has 1 heterocycles. The van der Waals surface area contributed by atoms with Crippen molar-refractivity contribution >= 4 is 11.8 Å². The van der Waals surface area contributed by atoms with E-state index >= 15 is 0 Å². The summed E-state index contributed by atoms with van der Waals surface area (Å²) < 4.78 is 8.31. The summed E-state index contributed by atoms with van der Waals surface area (Å²) in [7, 11) is 0. The van der Waals surface area contributed by atoms with Crippen LogP contribution in [0.2, 0.25) is 0 Å². The summed E-state index contributed by atoms with van der Waals surface area (Å²) in [5, 5.41) is 9.74. The number of aryl methyl sites for hydroxylation is 2. The van der Waals surface area contributed by atoms with Crippen molar-refractivity contribution < 1.29 is 4.74 Å². The molecule has 0 saturated heterocycles. The number of benzene rings is 2. The lowest BCUT2D eigenvalue weighted by molar-refractivity contribution is 0.209. The Balaban J connectivity index is 1.79. The van der Waals surface area contributed by atoms with Gasteiger partial charge in [-0.05, 0) is 50.5 Å². The normalized spacial score (nSPS) is 12.0. The number of nitrogens with zero attached hydrogens (tertiary/aromatic N) is 3. The number of thioether (sulfide) groups is 1. The molecule has 5 heteroatoms. The van der Waals surface area contributed by atoms with Gasteiger partial charge in [0.2, 0.25) is 0 Å². The Morgan fingerprint density at radius 2 is 1.93 bits per heavy atom. The molecule has 1 aromatic heterocycles. The number of hydrogen-bond donors (Lipinski definition) is 0. The maximum absolute atomic E-state index is 6.22. The third kappa shape index (κ3) is 4.65. The first-order valence-electron chi connectivity index (χ1n) is 9.44. The van der Waals surface area contributed by atoms with Gasteiger partial charge < -0.3 is 4.74 Å². The van der Waals surface area contributed by atoms with Gasteiger partial charge in [-0.1, -0.05) is 59.8 Å². The number of allylic oxidation sites excluding steroid dienone is 1. The second-order valence-electron chi connectivity index (χ2n) is 6.98. The van der Waals surface area contributed by atoms with E-state index in [1.165, 1.54) is 16.7 Å². The molecule has 0 amide bonds. The van der Waals surface area contributed by atoms with Crippen molar-refractivity contribution in [1.29, 1.82) is 0 Å². The standard InChI is InChI=1S/C23H27N3OS/c1-6-13-26-22(19(5)27-21-12-8-10-17(3)18(21)4)24-25-23(26)28-15-20-11-7-9-16(2)14-20/h6-12,14,19H,1,13,15H2,2-5H3.